The lowest BCUT2D eigenvalue weighted by atomic mass is 10.0. The van der Waals surface area contributed by atoms with Gasteiger partial charge in [0.15, 0.2) is 0 Å². The average Bonchev–Trinajstić information content (AvgIpc) is 3.50. The molecule has 0 heterocycles. The van der Waals surface area contributed by atoms with Gasteiger partial charge in [-0.25, -0.2) is 0 Å². The van der Waals surface area contributed by atoms with Gasteiger partial charge < -0.3 is 20.3 Å². The fourth-order valence-corrected chi connectivity index (χ4v) is 11.9. The quantitative estimate of drug-likeness (QED) is 0.0320. The number of ether oxygens (including phenoxy) is 1. The Labute approximate surface area is 519 Å². The van der Waals surface area contributed by atoms with Crippen LogP contribution in [0.4, 0.5) is 0 Å². The van der Waals surface area contributed by atoms with Crippen molar-refractivity contribution in [2.45, 2.75) is 431 Å². The molecular formula is C77H147NO5. The standard InChI is InChI=1S/C77H147NO5/c1-3-5-7-9-11-13-15-16-17-18-38-42-45-48-51-55-59-63-67-71-77(82)83-72-68-64-60-56-52-49-46-43-40-37-35-33-31-29-27-25-23-21-19-20-22-24-26-28-30-32-34-36-39-41-44-47-50-54-58-62-66-70-76(81)78-74(73-79)75(80)69-65-61-57-53-14-12-10-8-6-4-2/h11,13,16-17,19,21,74-75,79-80H,3-10,12,14-15,18,20,22-73H2,1-2H3,(H,78,81)/b13-11-,17-16-,21-19-. The van der Waals surface area contributed by atoms with E-state index in [1.165, 1.54) is 334 Å². The van der Waals surface area contributed by atoms with Crippen LogP contribution in [-0.2, 0) is 14.3 Å². The molecule has 83 heavy (non-hydrogen) atoms. The molecule has 0 aliphatic heterocycles. The van der Waals surface area contributed by atoms with Gasteiger partial charge in [-0.3, -0.25) is 9.59 Å². The molecule has 490 valence electrons. The van der Waals surface area contributed by atoms with Crippen LogP contribution in [0, 0.1) is 0 Å². The minimum absolute atomic E-state index is 0.0181. The molecule has 2 atom stereocenters. The van der Waals surface area contributed by atoms with Crippen LogP contribution >= 0.6 is 0 Å². The number of hydrogen-bond donors (Lipinski definition) is 3. The highest BCUT2D eigenvalue weighted by molar-refractivity contribution is 5.76. The van der Waals surface area contributed by atoms with Crippen molar-refractivity contribution in [1.29, 1.82) is 0 Å². The highest BCUT2D eigenvalue weighted by Crippen LogP contribution is 2.19. The third kappa shape index (κ3) is 69.1. The SMILES string of the molecule is CCCCC/C=C\C/C=C\CCCCCCCCCCCC(=O)OCCCCCCCCCCCCCCCCCC/C=C\CCCCCCCCCCCCCCCCCCCC(=O)NC(CO)C(O)CCCCCCCCCCCC. The fraction of sp³-hybridized carbons (Fsp3) is 0.896. The fourth-order valence-electron chi connectivity index (χ4n) is 11.9. The lowest BCUT2D eigenvalue weighted by Crippen LogP contribution is -2.45. The first-order valence-electron chi connectivity index (χ1n) is 37.7. The van der Waals surface area contributed by atoms with Crippen molar-refractivity contribution in [3.8, 4) is 0 Å². The number of carbonyl (C=O) groups excluding carboxylic acids is 2. The molecule has 0 aromatic heterocycles. The van der Waals surface area contributed by atoms with Gasteiger partial charge in [0.05, 0.1) is 25.4 Å². The Morgan fingerprint density at radius 2 is 0.602 bits per heavy atom. The van der Waals surface area contributed by atoms with Crippen LogP contribution in [0.15, 0.2) is 36.5 Å². The van der Waals surface area contributed by atoms with Crippen LogP contribution in [0.25, 0.3) is 0 Å². The van der Waals surface area contributed by atoms with Gasteiger partial charge >= 0.3 is 5.97 Å². The maximum Gasteiger partial charge on any atom is 0.305 e. The highest BCUT2D eigenvalue weighted by Gasteiger charge is 2.20. The van der Waals surface area contributed by atoms with Crippen LogP contribution < -0.4 is 5.32 Å². The predicted octanol–water partition coefficient (Wildman–Crippen LogP) is 24.7. The summed E-state index contributed by atoms with van der Waals surface area (Å²) in [6.45, 7) is 4.94. The second-order valence-corrected chi connectivity index (χ2v) is 26.0. The lowest BCUT2D eigenvalue weighted by molar-refractivity contribution is -0.143. The molecule has 1 amide bonds. The number of aliphatic hydroxyl groups excluding tert-OH is 2. The molecule has 0 aliphatic rings. The predicted molar refractivity (Wildman–Crippen MR) is 366 cm³/mol. The molecule has 0 rings (SSSR count). The van der Waals surface area contributed by atoms with Crippen molar-refractivity contribution in [3.05, 3.63) is 36.5 Å². The Kier molecular flexibility index (Phi) is 70.9. The van der Waals surface area contributed by atoms with Gasteiger partial charge in [-0.15, -0.1) is 0 Å². The summed E-state index contributed by atoms with van der Waals surface area (Å²) in [4.78, 5) is 24.6. The molecule has 3 N–H and O–H groups in total. The van der Waals surface area contributed by atoms with Crippen LogP contribution in [0.1, 0.15) is 418 Å². The molecule has 0 saturated heterocycles. The largest absolute Gasteiger partial charge is 0.466 e. The number of nitrogens with one attached hydrogen (secondary N) is 1. The zero-order valence-electron chi connectivity index (χ0n) is 56.2. The molecule has 0 spiro atoms. The van der Waals surface area contributed by atoms with E-state index in [0.717, 1.165) is 51.4 Å². The monoisotopic (exact) mass is 1170 g/mol. The van der Waals surface area contributed by atoms with Gasteiger partial charge in [-0.1, -0.05) is 359 Å². The topological polar surface area (TPSA) is 95.9 Å². The van der Waals surface area contributed by atoms with Gasteiger partial charge in [0.1, 0.15) is 0 Å². The highest BCUT2D eigenvalue weighted by atomic mass is 16.5. The van der Waals surface area contributed by atoms with Gasteiger partial charge in [0.2, 0.25) is 5.91 Å². The number of allylic oxidation sites excluding steroid dienone is 6. The summed E-state index contributed by atoms with van der Waals surface area (Å²) >= 11 is 0. The smallest absolute Gasteiger partial charge is 0.305 e. The van der Waals surface area contributed by atoms with Crippen LogP contribution in [-0.4, -0.2) is 47.4 Å². The van der Waals surface area contributed by atoms with E-state index >= 15 is 0 Å². The summed E-state index contributed by atoms with van der Waals surface area (Å²) in [5.74, 6) is -0.0127. The Bertz CT molecular complexity index is 1340. The number of aliphatic hydroxyl groups is 2. The maximum atomic E-state index is 12.5. The average molecular weight is 1170 g/mol. The Morgan fingerprint density at radius 3 is 0.952 bits per heavy atom. The third-order valence-corrected chi connectivity index (χ3v) is 17.7. The number of hydrogen-bond acceptors (Lipinski definition) is 5. The summed E-state index contributed by atoms with van der Waals surface area (Å²) in [6.07, 6.45) is 93.8. The summed E-state index contributed by atoms with van der Waals surface area (Å²) in [5.41, 5.74) is 0. The van der Waals surface area contributed by atoms with Crippen LogP contribution in [0.3, 0.4) is 0 Å². The Balaban J connectivity index is 3.30. The van der Waals surface area contributed by atoms with E-state index in [1.54, 1.807) is 0 Å². The summed E-state index contributed by atoms with van der Waals surface area (Å²) in [5, 5.41) is 23.2. The van der Waals surface area contributed by atoms with Crippen LogP contribution in [0.2, 0.25) is 0 Å². The van der Waals surface area contributed by atoms with E-state index in [1.807, 2.05) is 0 Å². The number of amides is 1. The van der Waals surface area contributed by atoms with E-state index in [0.29, 0.717) is 25.9 Å². The Hall–Kier alpha value is -1.92. The summed E-state index contributed by atoms with van der Waals surface area (Å²) in [6, 6.07) is -0.536. The molecule has 0 saturated carbocycles. The van der Waals surface area contributed by atoms with E-state index in [4.69, 9.17) is 4.74 Å². The summed E-state index contributed by atoms with van der Waals surface area (Å²) in [7, 11) is 0. The number of carbonyl (C=O) groups is 2. The number of rotatable bonds is 71. The molecule has 0 aliphatic carbocycles. The molecule has 0 bridgehead atoms. The van der Waals surface area contributed by atoms with Crippen molar-refractivity contribution in [2.75, 3.05) is 13.2 Å². The molecule has 6 nitrogen and oxygen atoms in total. The molecule has 0 aromatic rings. The van der Waals surface area contributed by atoms with E-state index in [-0.39, 0.29) is 18.5 Å². The zero-order valence-corrected chi connectivity index (χ0v) is 56.2. The normalized spacial score (nSPS) is 12.7. The van der Waals surface area contributed by atoms with Gasteiger partial charge in [0, 0.05) is 12.8 Å². The third-order valence-electron chi connectivity index (χ3n) is 17.7. The summed E-state index contributed by atoms with van der Waals surface area (Å²) < 4.78 is 5.51. The minimum Gasteiger partial charge on any atom is -0.466 e. The van der Waals surface area contributed by atoms with Crippen molar-refractivity contribution >= 4 is 11.9 Å². The van der Waals surface area contributed by atoms with Crippen molar-refractivity contribution in [2.24, 2.45) is 0 Å². The van der Waals surface area contributed by atoms with Gasteiger partial charge in [-0.2, -0.15) is 0 Å². The van der Waals surface area contributed by atoms with E-state index in [9.17, 15) is 19.8 Å². The molecular weight excluding hydrogens is 1020 g/mol. The second kappa shape index (κ2) is 72.6. The van der Waals surface area contributed by atoms with Crippen LogP contribution in [0.5, 0.6) is 0 Å². The molecule has 6 heteroatoms. The molecule has 0 fully saturated rings. The minimum atomic E-state index is -0.659. The second-order valence-electron chi connectivity index (χ2n) is 26.0. The molecule has 0 radical (unpaired) electrons. The van der Waals surface area contributed by atoms with Gasteiger partial charge in [-0.05, 0) is 83.5 Å². The van der Waals surface area contributed by atoms with Gasteiger partial charge in [0.25, 0.3) is 0 Å². The number of unbranched alkanes of at least 4 members (excludes halogenated alkanes) is 54. The van der Waals surface area contributed by atoms with E-state index < -0.39 is 12.1 Å². The first kappa shape index (κ1) is 81.1. The number of esters is 1. The first-order valence-corrected chi connectivity index (χ1v) is 37.7. The lowest BCUT2D eigenvalue weighted by Gasteiger charge is -2.22. The zero-order chi connectivity index (χ0) is 59.9. The molecule has 0 aromatic carbocycles. The Morgan fingerprint density at radius 1 is 0.337 bits per heavy atom. The van der Waals surface area contributed by atoms with Crippen molar-refractivity contribution < 1.29 is 24.5 Å². The van der Waals surface area contributed by atoms with Crippen molar-refractivity contribution in [1.82, 2.24) is 5.32 Å². The molecule has 2 unspecified atom stereocenters. The first-order chi connectivity index (χ1) is 41.0. The van der Waals surface area contributed by atoms with E-state index in [2.05, 4.69) is 55.6 Å². The maximum absolute atomic E-state index is 12.5. The van der Waals surface area contributed by atoms with Crippen molar-refractivity contribution in [3.63, 3.8) is 0 Å².